The molecule has 1 unspecified atom stereocenters. The first kappa shape index (κ1) is 7.12. The summed E-state index contributed by atoms with van der Waals surface area (Å²) < 4.78 is 5.36. The highest BCUT2D eigenvalue weighted by molar-refractivity contribution is 7.78. The second-order valence-corrected chi connectivity index (χ2v) is 2.43. The Hall–Kier alpha value is 0.0100. The van der Waals surface area contributed by atoms with Crippen LogP contribution in [0.3, 0.4) is 0 Å². The Morgan fingerprint density at radius 1 is 1.78 bits per heavy atom. The van der Waals surface area contributed by atoms with Crippen LogP contribution in [-0.4, -0.2) is 31.2 Å². The molecule has 0 radical (unpaired) electrons. The zero-order valence-corrected chi connectivity index (χ0v) is 6.12. The summed E-state index contributed by atoms with van der Waals surface area (Å²) in [6.07, 6.45) is 1.22. The summed E-state index contributed by atoms with van der Waals surface area (Å²) in [4.78, 5) is 0. The maximum absolute atomic E-state index is 5.36. The van der Waals surface area contributed by atoms with Gasteiger partial charge in [0.25, 0.3) is 0 Å². The van der Waals surface area contributed by atoms with Crippen molar-refractivity contribution in [2.45, 2.75) is 12.5 Å². The first-order chi connectivity index (χ1) is 4.43. The zero-order valence-electron chi connectivity index (χ0n) is 5.30. The van der Waals surface area contributed by atoms with Crippen LogP contribution in [0.15, 0.2) is 0 Å². The molecule has 1 heterocycles. The SMILES string of the molecule is S=CCC1CNCCO1. The number of ether oxygens (including phenoxy) is 1. The van der Waals surface area contributed by atoms with Gasteiger partial charge in [-0.15, -0.1) is 0 Å². The van der Waals surface area contributed by atoms with Crippen molar-refractivity contribution in [1.29, 1.82) is 0 Å². The van der Waals surface area contributed by atoms with Gasteiger partial charge in [-0.25, -0.2) is 0 Å². The van der Waals surface area contributed by atoms with E-state index < -0.39 is 0 Å². The number of thiocarbonyl (C=S) groups is 1. The number of hydrogen-bond acceptors (Lipinski definition) is 3. The lowest BCUT2D eigenvalue weighted by atomic mass is 10.2. The lowest BCUT2D eigenvalue weighted by Crippen LogP contribution is -2.38. The molecule has 0 aromatic carbocycles. The highest BCUT2D eigenvalue weighted by Crippen LogP contribution is 1.98. The van der Waals surface area contributed by atoms with Crippen molar-refractivity contribution in [1.82, 2.24) is 5.32 Å². The molecule has 0 bridgehead atoms. The van der Waals surface area contributed by atoms with Gasteiger partial charge in [-0.2, -0.15) is 0 Å². The number of hydrogen-bond donors (Lipinski definition) is 1. The van der Waals surface area contributed by atoms with Gasteiger partial charge in [-0.3, -0.25) is 0 Å². The lowest BCUT2D eigenvalue weighted by Gasteiger charge is -2.21. The van der Waals surface area contributed by atoms with Crippen molar-refractivity contribution in [2.24, 2.45) is 0 Å². The average Bonchev–Trinajstić information content (AvgIpc) is 1.91. The number of morpholine rings is 1. The van der Waals surface area contributed by atoms with Gasteiger partial charge >= 0.3 is 0 Å². The van der Waals surface area contributed by atoms with Crippen LogP contribution in [0.5, 0.6) is 0 Å². The van der Waals surface area contributed by atoms with Crippen molar-refractivity contribution in [3.05, 3.63) is 0 Å². The smallest absolute Gasteiger partial charge is 0.0742 e. The number of rotatable bonds is 2. The van der Waals surface area contributed by atoms with E-state index in [0.717, 1.165) is 26.1 Å². The summed E-state index contributed by atoms with van der Waals surface area (Å²) in [5.74, 6) is 0. The molecule has 1 atom stereocenters. The Morgan fingerprint density at radius 2 is 2.67 bits per heavy atom. The van der Waals surface area contributed by atoms with E-state index >= 15 is 0 Å². The Bertz CT molecular complexity index is 91.1. The highest BCUT2D eigenvalue weighted by Gasteiger charge is 2.10. The molecule has 9 heavy (non-hydrogen) atoms. The van der Waals surface area contributed by atoms with Crippen molar-refractivity contribution in [2.75, 3.05) is 19.7 Å². The van der Waals surface area contributed by atoms with E-state index in [4.69, 9.17) is 17.0 Å². The molecule has 3 heteroatoms. The van der Waals surface area contributed by atoms with Crippen LogP contribution in [0.4, 0.5) is 0 Å². The maximum atomic E-state index is 5.36. The second-order valence-electron chi connectivity index (χ2n) is 2.10. The van der Waals surface area contributed by atoms with Crippen LogP contribution in [-0.2, 0) is 4.74 Å². The van der Waals surface area contributed by atoms with Gasteiger partial charge in [0, 0.05) is 19.5 Å². The van der Waals surface area contributed by atoms with E-state index in [1.54, 1.807) is 5.37 Å². The zero-order chi connectivity index (χ0) is 6.53. The average molecular weight is 145 g/mol. The maximum Gasteiger partial charge on any atom is 0.0742 e. The molecule has 1 saturated heterocycles. The summed E-state index contributed by atoms with van der Waals surface area (Å²) in [7, 11) is 0. The van der Waals surface area contributed by atoms with Crippen molar-refractivity contribution in [3.8, 4) is 0 Å². The standard InChI is InChI=1S/C6H11NOS/c9-4-1-6-5-7-2-3-8-6/h4,6-7H,1-3,5H2. The van der Waals surface area contributed by atoms with Crippen LogP contribution in [0.1, 0.15) is 6.42 Å². The third-order valence-electron chi connectivity index (χ3n) is 1.36. The molecule has 1 aliphatic heterocycles. The van der Waals surface area contributed by atoms with Crippen LogP contribution >= 0.6 is 12.2 Å². The minimum Gasteiger partial charge on any atom is -0.375 e. The van der Waals surface area contributed by atoms with E-state index in [0.29, 0.717) is 6.10 Å². The molecule has 0 amide bonds. The van der Waals surface area contributed by atoms with E-state index in [-0.39, 0.29) is 0 Å². The van der Waals surface area contributed by atoms with Crippen molar-refractivity contribution >= 4 is 17.6 Å². The van der Waals surface area contributed by atoms with Gasteiger partial charge in [-0.1, -0.05) is 12.2 Å². The van der Waals surface area contributed by atoms with Gasteiger partial charge < -0.3 is 10.1 Å². The molecule has 1 aliphatic rings. The van der Waals surface area contributed by atoms with E-state index in [1.165, 1.54) is 0 Å². The molecule has 0 aliphatic carbocycles. The van der Waals surface area contributed by atoms with Crippen LogP contribution in [0.2, 0.25) is 0 Å². The molecule has 1 rings (SSSR count). The molecule has 0 spiro atoms. The van der Waals surface area contributed by atoms with E-state index in [2.05, 4.69) is 5.32 Å². The first-order valence-corrected chi connectivity index (χ1v) is 3.66. The second kappa shape index (κ2) is 3.93. The quantitative estimate of drug-likeness (QED) is 0.567. The summed E-state index contributed by atoms with van der Waals surface area (Å²) in [6, 6.07) is 0. The van der Waals surface area contributed by atoms with Gasteiger partial charge in [0.05, 0.1) is 12.7 Å². The van der Waals surface area contributed by atoms with Gasteiger partial charge in [0.2, 0.25) is 0 Å². The minimum atomic E-state index is 0.330. The molecule has 52 valence electrons. The normalized spacial score (nSPS) is 27.8. The molecule has 0 aromatic heterocycles. The Balaban J connectivity index is 2.15. The molecule has 2 nitrogen and oxygen atoms in total. The minimum absolute atomic E-state index is 0.330. The topological polar surface area (TPSA) is 21.3 Å². The highest BCUT2D eigenvalue weighted by atomic mass is 32.1. The van der Waals surface area contributed by atoms with Gasteiger partial charge in [0.1, 0.15) is 0 Å². The third-order valence-corrected chi connectivity index (χ3v) is 1.56. The number of nitrogens with one attached hydrogen (secondary N) is 1. The summed E-state index contributed by atoms with van der Waals surface area (Å²) in [6.45, 7) is 2.76. The predicted molar refractivity (Wildman–Crippen MR) is 40.9 cm³/mol. The predicted octanol–water partition coefficient (Wildman–Crippen LogP) is 0.365. The Kier molecular flexibility index (Phi) is 3.11. The third kappa shape index (κ3) is 2.39. The molecule has 1 fully saturated rings. The Labute approximate surface area is 60.6 Å². The molecular formula is C6H11NOS. The molecule has 0 saturated carbocycles. The molecular weight excluding hydrogens is 134 g/mol. The Morgan fingerprint density at radius 3 is 3.22 bits per heavy atom. The molecule has 0 aromatic rings. The summed E-state index contributed by atoms with van der Waals surface area (Å²) >= 11 is 4.70. The van der Waals surface area contributed by atoms with Gasteiger partial charge in [-0.05, 0) is 5.37 Å². The van der Waals surface area contributed by atoms with E-state index in [1.807, 2.05) is 0 Å². The monoisotopic (exact) mass is 145 g/mol. The molecule has 1 N–H and O–H groups in total. The van der Waals surface area contributed by atoms with Crippen molar-refractivity contribution in [3.63, 3.8) is 0 Å². The van der Waals surface area contributed by atoms with Crippen LogP contribution < -0.4 is 5.32 Å². The fourth-order valence-electron chi connectivity index (χ4n) is 0.878. The largest absolute Gasteiger partial charge is 0.375 e. The van der Waals surface area contributed by atoms with Gasteiger partial charge in [0.15, 0.2) is 0 Å². The van der Waals surface area contributed by atoms with Crippen molar-refractivity contribution < 1.29 is 4.74 Å². The summed E-state index contributed by atoms with van der Waals surface area (Å²) in [5.41, 5.74) is 0. The van der Waals surface area contributed by atoms with E-state index in [9.17, 15) is 0 Å². The van der Waals surface area contributed by atoms with Crippen LogP contribution in [0, 0.1) is 0 Å². The summed E-state index contributed by atoms with van der Waals surface area (Å²) in [5, 5.41) is 4.96. The van der Waals surface area contributed by atoms with Crippen LogP contribution in [0.25, 0.3) is 0 Å². The fraction of sp³-hybridized carbons (Fsp3) is 0.833. The lowest BCUT2D eigenvalue weighted by molar-refractivity contribution is 0.0345. The fourth-order valence-corrected chi connectivity index (χ4v) is 1.09. The first-order valence-electron chi connectivity index (χ1n) is 3.19.